The van der Waals surface area contributed by atoms with E-state index in [9.17, 15) is 13.0 Å². The van der Waals surface area contributed by atoms with Gasteiger partial charge in [0.1, 0.15) is 0 Å². The molecule has 2 aromatic rings. The van der Waals surface area contributed by atoms with Gasteiger partial charge in [0.15, 0.2) is 0 Å². The molecule has 4 heteroatoms. The van der Waals surface area contributed by atoms with Gasteiger partial charge in [0.25, 0.3) is 10.1 Å². The molecule has 0 saturated carbocycles. The Kier molecular flexibility index (Phi) is 18.6. The summed E-state index contributed by atoms with van der Waals surface area (Å²) in [5.41, 5.74) is 2.11. The minimum Gasteiger partial charge on any atom is -0.282 e. The third-order valence-electron chi connectivity index (χ3n) is 8.53. The highest BCUT2D eigenvalue weighted by Gasteiger charge is 2.18. The lowest BCUT2D eigenvalue weighted by Gasteiger charge is -2.13. The van der Waals surface area contributed by atoms with E-state index in [1.54, 1.807) is 6.07 Å². The summed E-state index contributed by atoms with van der Waals surface area (Å²) in [6.45, 7) is 4.53. The average molecular weight is 573 g/mol. The van der Waals surface area contributed by atoms with E-state index in [1.165, 1.54) is 134 Å². The number of hydrogen-bond acceptors (Lipinski definition) is 2. The summed E-state index contributed by atoms with van der Waals surface area (Å²) < 4.78 is 34.2. The highest BCUT2D eigenvalue weighted by atomic mass is 32.2. The molecular weight excluding hydrogens is 512 g/mol. The van der Waals surface area contributed by atoms with E-state index in [-0.39, 0.29) is 4.90 Å². The molecule has 0 unspecified atom stereocenters. The van der Waals surface area contributed by atoms with Crippen LogP contribution in [0.15, 0.2) is 35.2 Å². The molecule has 0 aromatic heterocycles. The molecule has 0 saturated heterocycles. The van der Waals surface area contributed by atoms with Crippen molar-refractivity contribution in [3.05, 3.63) is 41.5 Å². The summed E-state index contributed by atoms with van der Waals surface area (Å²) in [5, 5.41) is 2.07. The van der Waals surface area contributed by atoms with E-state index in [2.05, 4.69) is 32.0 Å². The summed E-state index contributed by atoms with van der Waals surface area (Å²) in [4.78, 5) is 0.0881. The van der Waals surface area contributed by atoms with Gasteiger partial charge in [-0.25, -0.2) is 0 Å². The normalized spacial score (nSPS) is 12.0. The smallest absolute Gasteiger partial charge is 0.282 e. The van der Waals surface area contributed by atoms with Gasteiger partial charge in [-0.2, -0.15) is 8.42 Å². The van der Waals surface area contributed by atoms with Gasteiger partial charge in [-0.1, -0.05) is 167 Å². The molecule has 2 aromatic carbocycles. The zero-order chi connectivity index (χ0) is 28.9. The predicted octanol–water partition coefficient (Wildman–Crippen LogP) is 11.8. The number of hydrogen-bond donors (Lipinski definition) is 1. The average Bonchev–Trinajstić information content (AvgIpc) is 2.93. The van der Waals surface area contributed by atoms with Crippen LogP contribution in [0, 0.1) is 0 Å². The van der Waals surface area contributed by atoms with Crippen LogP contribution in [-0.2, 0) is 23.0 Å². The highest BCUT2D eigenvalue weighted by molar-refractivity contribution is 7.85. The summed E-state index contributed by atoms with van der Waals surface area (Å²) in [6.07, 6.45) is 30.5. The molecule has 3 nitrogen and oxygen atoms in total. The first kappa shape index (κ1) is 34.8. The van der Waals surface area contributed by atoms with Crippen LogP contribution in [0.5, 0.6) is 0 Å². The van der Waals surface area contributed by atoms with Gasteiger partial charge in [-0.3, -0.25) is 4.55 Å². The van der Waals surface area contributed by atoms with E-state index >= 15 is 0 Å². The number of rotatable bonds is 25. The lowest BCUT2D eigenvalue weighted by atomic mass is 9.96. The molecule has 0 atom stereocenters. The number of unbranched alkanes of at least 4 members (excludes halogenated alkanes) is 20. The van der Waals surface area contributed by atoms with Crippen LogP contribution in [0.1, 0.15) is 166 Å². The second kappa shape index (κ2) is 21.3. The topological polar surface area (TPSA) is 54.4 Å². The first-order valence-electron chi connectivity index (χ1n) is 17.0. The standard InChI is InChI=1S/C36H60O3S/c1-3-5-7-9-11-13-15-17-19-21-23-25-32-27-29-34-33(31-32)28-30-36(40(37,38)39)35(34)26-24-22-20-18-16-14-12-10-8-6-4-2/h27-31H,3-26H2,1-2H3,(H,37,38,39). The third kappa shape index (κ3) is 14.5. The van der Waals surface area contributed by atoms with Crippen molar-refractivity contribution in [3.63, 3.8) is 0 Å². The largest absolute Gasteiger partial charge is 0.294 e. The summed E-state index contributed by atoms with van der Waals surface area (Å²) >= 11 is 0. The quantitative estimate of drug-likeness (QED) is 0.0950. The van der Waals surface area contributed by atoms with Gasteiger partial charge >= 0.3 is 0 Å². The first-order valence-corrected chi connectivity index (χ1v) is 18.4. The zero-order valence-electron chi connectivity index (χ0n) is 26.0. The Morgan fingerprint density at radius 3 is 1.40 bits per heavy atom. The molecule has 40 heavy (non-hydrogen) atoms. The zero-order valence-corrected chi connectivity index (χ0v) is 26.8. The van der Waals surface area contributed by atoms with Crippen molar-refractivity contribution < 1.29 is 13.0 Å². The fraction of sp³-hybridized carbons (Fsp3) is 0.722. The summed E-state index contributed by atoms with van der Waals surface area (Å²) in [5.74, 6) is 0. The fourth-order valence-corrected chi connectivity index (χ4v) is 6.80. The van der Waals surface area contributed by atoms with Gasteiger partial charge in [0, 0.05) is 0 Å². The van der Waals surface area contributed by atoms with Gasteiger partial charge < -0.3 is 0 Å². The SMILES string of the molecule is CCCCCCCCCCCCCc1ccc2c(CCCCCCCCCCCCC)c(S(=O)(=O)O)ccc2c1. The van der Waals surface area contributed by atoms with Crippen molar-refractivity contribution >= 4 is 20.9 Å². The second-order valence-corrected chi connectivity index (χ2v) is 13.5. The van der Waals surface area contributed by atoms with Crippen LogP contribution in [0.25, 0.3) is 10.8 Å². The molecule has 2 rings (SSSR count). The Balaban J connectivity index is 1.77. The van der Waals surface area contributed by atoms with Crippen molar-refractivity contribution in [1.82, 2.24) is 0 Å². The monoisotopic (exact) mass is 572 g/mol. The fourth-order valence-electron chi connectivity index (χ4n) is 6.04. The molecule has 0 heterocycles. The predicted molar refractivity (Wildman–Crippen MR) is 174 cm³/mol. The van der Waals surface area contributed by atoms with Crippen LogP contribution in [0.3, 0.4) is 0 Å². The Bertz CT molecular complexity index is 1030. The minimum absolute atomic E-state index is 0.0881. The lowest BCUT2D eigenvalue weighted by Crippen LogP contribution is -2.04. The van der Waals surface area contributed by atoms with Crippen LogP contribution in [0.2, 0.25) is 0 Å². The molecule has 0 aliphatic rings. The molecule has 0 amide bonds. The Hall–Kier alpha value is -1.39. The molecule has 0 aliphatic heterocycles. The van der Waals surface area contributed by atoms with Gasteiger partial charge in [0.05, 0.1) is 4.90 Å². The molecule has 0 bridgehead atoms. The lowest BCUT2D eigenvalue weighted by molar-refractivity contribution is 0.482. The van der Waals surface area contributed by atoms with E-state index < -0.39 is 10.1 Å². The molecule has 0 spiro atoms. The van der Waals surface area contributed by atoms with E-state index in [4.69, 9.17) is 0 Å². The Morgan fingerprint density at radius 2 is 0.950 bits per heavy atom. The number of benzene rings is 2. The second-order valence-electron chi connectivity index (χ2n) is 12.1. The maximum Gasteiger partial charge on any atom is 0.294 e. The van der Waals surface area contributed by atoms with Crippen molar-refractivity contribution in [3.8, 4) is 0 Å². The molecule has 0 fully saturated rings. The molecular formula is C36H60O3S. The third-order valence-corrected chi connectivity index (χ3v) is 9.47. The Morgan fingerprint density at radius 1 is 0.525 bits per heavy atom. The molecule has 0 radical (unpaired) electrons. The van der Waals surface area contributed by atoms with Gasteiger partial charge in [-0.15, -0.1) is 0 Å². The van der Waals surface area contributed by atoms with Gasteiger partial charge in [0.2, 0.25) is 0 Å². The Labute approximate surface area is 247 Å². The molecule has 0 aliphatic carbocycles. The maximum absolute atomic E-state index is 12.1. The maximum atomic E-state index is 12.1. The van der Waals surface area contributed by atoms with Crippen LogP contribution < -0.4 is 0 Å². The van der Waals surface area contributed by atoms with E-state index in [0.717, 1.165) is 35.6 Å². The van der Waals surface area contributed by atoms with Crippen molar-refractivity contribution in [2.45, 2.75) is 173 Å². The number of fused-ring (bicyclic) bond motifs is 1. The molecule has 228 valence electrons. The van der Waals surface area contributed by atoms with Crippen molar-refractivity contribution in [2.75, 3.05) is 0 Å². The highest BCUT2D eigenvalue weighted by Crippen LogP contribution is 2.29. The van der Waals surface area contributed by atoms with E-state index in [0.29, 0.717) is 6.42 Å². The summed E-state index contributed by atoms with van der Waals surface area (Å²) in [6, 6.07) is 9.95. The van der Waals surface area contributed by atoms with E-state index in [1.807, 2.05) is 6.07 Å². The van der Waals surface area contributed by atoms with Crippen molar-refractivity contribution in [1.29, 1.82) is 0 Å². The van der Waals surface area contributed by atoms with Crippen LogP contribution in [0.4, 0.5) is 0 Å². The van der Waals surface area contributed by atoms with Gasteiger partial charge in [-0.05, 0) is 53.6 Å². The minimum atomic E-state index is -4.23. The van der Waals surface area contributed by atoms with Crippen LogP contribution >= 0.6 is 0 Å². The first-order chi connectivity index (χ1) is 19.5. The van der Waals surface area contributed by atoms with Crippen LogP contribution in [-0.4, -0.2) is 13.0 Å². The summed E-state index contributed by atoms with van der Waals surface area (Å²) in [7, 11) is -4.23. The number of aryl methyl sites for hydroxylation is 2. The molecule has 1 N–H and O–H groups in total. The van der Waals surface area contributed by atoms with Crippen molar-refractivity contribution in [2.24, 2.45) is 0 Å².